The number of nitrogens with zero attached hydrogens (tertiary/aromatic N) is 1. The zero-order chi connectivity index (χ0) is 13.1. The number of nitrogens with two attached hydrogens (primary N) is 1. The summed E-state index contributed by atoms with van der Waals surface area (Å²) in [7, 11) is 0. The van der Waals surface area contributed by atoms with Gasteiger partial charge < -0.3 is 15.8 Å². The quantitative estimate of drug-likeness (QED) is 0.841. The van der Waals surface area contributed by atoms with Gasteiger partial charge >= 0.3 is 0 Å². The van der Waals surface area contributed by atoms with Gasteiger partial charge in [0.15, 0.2) is 0 Å². The zero-order valence-electron chi connectivity index (χ0n) is 10.8. The van der Waals surface area contributed by atoms with Gasteiger partial charge in [-0.05, 0) is 32.4 Å². The molecule has 2 heterocycles. The predicted molar refractivity (Wildman–Crippen MR) is 69.2 cm³/mol. The molecule has 2 rings (SSSR count). The largest absolute Gasteiger partial charge is 0.384 e. The number of nitrogen functional groups attached to an aromatic ring is 1. The van der Waals surface area contributed by atoms with Crippen molar-refractivity contribution in [1.29, 1.82) is 0 Å². The minimum absolute atomic E-state index is 0.105. The van der Waals surface area contributed by atoms with Gasteiger partial charge in [0.05, 0.1) is 6.61 Å². The molecule has 18 heavy (non-hydrogen) atoms. The number of ether oxygens (including phenoxy) is 1. The lowest BCUT2D eigenvalue weighted by Crippen LogP contribution is -2.38. The third-order valence-electron chi connectivity index (χ3n) is 3.27. The van der Waals surface area contributed by atoms with Crippen molar-refractivity contribution in [2.24, 2.45) is 5.92 Å². The highest BCUT2D eigenvalue weighted by Gasteiger charge is 2.23. The maximum atomic E-state index is 12.1. The number of hydrogen-bond donors (Lipinski definition) is 2. The number of rotatable bonds is 3. The van der Waals surface area contributed by atoms with Crippen LogP contribution >= 0.6 is 0 Å². The minimum atomic E-state index is -0.105. The second-order valence-electron chi connectivity index (χ2n) is 4.81. The molecular formula is C13H19N3O2. The SMILES string of the molecule is Cc1cc(C(=O)NC(C)C2CCOC2)cc(N)n1. The molecule has 1 aliphatic heterocycles. The number of carbonyl (C=O) groups excluding carboxylic acids is 1. The van der Waals surface area contributed by atoms with E-state index in [1.54, 1.807) is 12.1 Å². The molecule has 3 N–H and O–H groups in total. The van der Waals surface area contributed by atoms with Crippen LogP contribution in [-0.2, 0) is 4.74 Å². The summed E-state index contributed by atoms with van der Waals surface area (Å²) < 4.78 is 5.32. The number of aryl methyl sites for hydroxylation is 1. The molecule has 1 aliphatic rings. The Labute approximate surface area is 107 Å². The van der Waals surface area contributed by atoms with Gasteiger partial charge in [-0.15, -0.1) is 0 Å². The number of pyridine rings is 1. The van der Waals surface area contributed by atoms with E-state index >= 15 is 0 Å². The summed E-state index contributed by atoms with van der Waals surface area (Å²) in [4.78, 5) is 16.1. The van der Waals surface area contributed by atoms with Crippen LogP contribution in [0, 0.1) is 12.8 Å². The van der Waals surface area contributed by atoms with Crippen molar-refractivity contribution in [3.05, 3.63) is 23.4 Å². The highest BCUT2D eigenvalue weighted by Crippen LogP contribution is 2.17. The van der Waals surface area contributed by atoms with Crippen molar-refractivity contribution >= 4 is 11.7 Å². The summed E-state index contributed by atoms with van der Waals surface area (Å²) in [5.74, 6) is 0.665. The van der Waals surface area contributed by atoms with Gasteiger partial charge in [0.1, 0.15) is 5.82 Å². The molecule has 1 aromatic rings. The Hall–Kier alpha value is -1.62. The van der Waals surface area contributed by atoms with Gasteiger partial charge in [-0.3, -0.25) is 4.79 Å². The summed E-state index contributed by atoms with van der Waals surface area (Å²) in [6, 6.07) is 3.44. The zero-order valence-corrected chi connectivity index (χ0v) is 10.8. The lowest BCUT2D eigenvalue weighted by molar-refractivity contribution is 0.0922. The van der Waals surface area contributed by atoms with Crippen molar-refractivity contribution in [1.82, 2.24) is 10.3 Å². The molecule has 0 aliphatic carbocycles. The van der Waals surface area contributed by atoms with Crippen LogP contribution in [0.2, 0.25) is 0 Å². The smallest absolute Gasteiger partial charge is 0.251 e. The van der Waals surface area contributed by atoms with E-state index in [-0.39, 0.29) is 11.9 Å². The maximum absolute atomic E-state index is 12.1. The summed E-state index contributed by atoms with van der Waals surface area (Å²) in [6.45, 7) is 5.33. The summed E-state index contributed by atoms with van der Waals surface area (Å²) in [5, 5.41) is 2.99. The number of carbonyl (C=O) groups is 1. The molecule has 0 spiro atoms. The lowest BCUT2D eigenvalue weighted by Gasteiger charge is -2.19. The van der Waals surface area contributed by atoms with Gasteiger partial charge in [-0.2, -0.15) is 0 Å². The monoisotopic (exact) mass is 249 g/mol. The maximum Gasteiger partial charge on any atom is 0.251 e. The molecule has 1 aromatic heterocycles. The van der Waals surface area contributed by atoms with Crippen LogP contribution in [0.25, 0.3) is 0 Å². The molecule has 98 valence electrons. The van der Waals surface area contributed by atoms with E-state index in [0.717, 1.165) is 25.3 Å². The Morgan fingerprint density at radius 3 is 3.00 bits per heavy atom. The number of amides is 1. The van der Waals surface area contributed by atoms with E-state index < -0.39 is 0 Å². The topological polar surface area (TPSA) is 77.2 Å². The molecule has 0 bridgehead atoms. The van der Waals surface area contributed by atoms with Crippen molar-refractivity contribution in [3.8, 4) is 0 Å². The van der Waals surface area contributed by atoms with E-state index in [1.165, 1.54) is 0 Å². The molecule has 2 unspecified atom stereocenters. The molecule has 1 fully saturated rings. The third kappa shape index (κ3) is 2.98. The Bertz CT molecular complexity index is 422. The van der Waals surface area contributed by atoms with E-state index in [4.69, 9.17) is 10.5 Å². The van der Waals surface area contributed by atoms with Crippen molar-refractivity contribution in [2.45, 2.75) is 26.3 Å². The first kappa shape index (κ1) is 12.8. The Morgan fingerprint density at radius 2 is 2.39 bits per heavy atom. The van der Waals surface area contributed by atoms with Crippen LogP contribution in [0.15, 0.2) is 12.1 Å². The number of aromatic nitrogens is 1. The first-order valence-corrected chi connectivity index (χ1v) is 6.19. The fourth-order valence-electron chi connectivity index (χ4n) is 2.18. The van der Waals surface area contributed by atoms with Crippen LogP contribution in [0.5, 0.6) is 0 Å². The van der Waals surface area contributed by atoms with Crippen LogP contribution in [-0.4, -0.2) is 30.1 Å². The Kier molecular flexibility index (Phi) is 3.81. The Morgan fingerprint density at radius 1 is 1.61 bits per heavy atom. The average Bonchev–Trinajstić information content (AvgIpc) is 2.80. The third-order valence-corrected chi connectivity index (χ3v) is 3.27. The molecule has 0 saturated carbocycles. The average molecular weight is 249 g/mol. The van der Waals surface area contributed by atoms with E-state index in [9.17, 15) is 4.79 Å². The van der Waals surface area contributed by atoms with Crippen LogP contribution in [0.1, 0.15) is 29.4 Å². The van der Waals surface area contributed by atoms with Crippen LogP contribution in [0.4, 0.5) is 5.82 Å². The standard InChI is InChI=1S/C13H19N3O2/c1-8-5-11(6-12(14)15-8)13(17)16-9(2)10-3-4-18-7-10/h5-6,9-10H,3-4,7H2,1-2H3,(H2,14,15)(H,16,17). The first-order valence-electron chi connectivity index (χ1n) is 6.19. The van der Waals surface area contributed by atoms with Crippen molar-refractivity contribution < 1.29 is 9.53 Å². The number of anilines is 1. The number of nitrogens with one attached hydrogen (secondary N) is 1. The van der Waals surface area contributed by atoms with Crippen molar-refractivity contribution in [3.63, 3.8) is 0 Å². The Balaban J connectivity index is 2.02. The van der Waals surface area contributed by atoms with Crippen molar-refractivity contribution in [2.75, 3.05) is 18.9 Å². The predicted octanol–water partition coefficient (Wildman–Crippen LogP) is 1.13. The highest BCUT2D eigenvalue weighted by atomic mass is 16.5. The second kappa shape index (κ2) is 5.35. The summed E-state index contributed by atoms with van der Waals surface area (Å²) >= 11 is 0. The normalized spacial score (nSPS) is 20.7. The fourth-order valence-corrected chi connectivity index (χ4v) is 2.18. The van der Waals surface area contributed by atoms with Gasteiger partial charge in [-0.25, -0.2) is 4.98 Å². The van der Waals surface area contributed by atoms with Gasteiger partial charge in [0, 0.05) is 29.8 Å². The van der Waals surface area contributed by atoms with Gasteiger partial charge in [0.25, 0.3) is 5.91 Å². The highest BCUT2D eigenvalue weighted by molar-refractivity contribution is 5.95. The molecule has 5 nitrogen and oxygen atoms in total. The van der Waals surface area contributed by atoms with Gasteiger partial charge in [-0.1, -0.05) is 0 Å². The molecule has 0 aromatic carbocycles. The summed E-state index contributed by atoms with van der Waals surface area (Å²) in [6.07, 6.45) is 0.999. The van der Waals surface area contributed by atoms with E-state index in [1.807, 2.05) is 13.8 Å². The van der Waals surface area contributed by atoms with E-state index in [0.29, 0.717) is 17.3 Å². The molecule has 2 atom stereocenters. The minimum Gasteiger partial charge on any atom is -0.384 e. The molecule has 0 radical (unpaired) electrons. The molecular weight excluding hydrogens is 230 g/mol. The van der Waals surface area contributed by atoms with Crippen LogP contribution < -0.4 is 11.1 Å². The lowest BCUT2D eigenvalue weighted by atomic mass is 10.0. The summed E-state index contributed by atoms with van der Waals surface area (Å²) in [5.41, 5.74) is 6.95. The first-order chi connectivity index (χ1) is 8.56. The molecule has 1 amide bonds. The fraction of sp³-hybridized carbons (Fsp3) is 0.538. The van der Waals surface area contributed by atoms with Gasteiger partial charge in [0.2, 0.25) is 0 Å². The molecule has 5 heteroatoms. The van der Waals surface area contributed by atoms with E-state index in [2.05, 4.69) is 10.3 Å². The van der Waals surface area contributed by atoms with Crippen LogP contribution in [0.3, 0.4) is 0 Å². The number of hydrogen-bond acceptors (Lipinski definition) is 4. The molecule has 1 saturated heterocycles. The second-order valence-corrected chi connectivity index (χ2v) is 4.81.